The Kier molecular flexibility index (Phi) is 13.5. The Morgan fingerprint density at radius 3 is 2.00 bits per heavy atom. The molecule has 0 fully saturated rings. The molecule has 0 aromatic heterocycles. The van der Waals surface area contributed by atoms with Crippen LogP contribution >= 0.6 is 0 Å². The molecule has 1 N–H and O–H groups in total. The lowest BCUT2D eigenvalue weighted by molar-refractivity contribution is 0.399. The summed E-state index contributed by atoms with van der Waals surface area (Å²) in [5.74, 6) is 0.802. The van der Waals surface area contributed by atoms with Crippen molar-refractivity contribution in [1.82, 2.24) is 0 Å². The van der Waals surface area contributed by atoms with Gasteiger partial charge in [-0.05, 0) is 29.9 Å². The highest BCUT2D eigenvalue weighted by Gasteiger charge is 2.16. The molecule has 1 atom stereocenters. The van der Waals surface area contributed by atoms with Crippen LogP contribution in [-0.2, 0) is 6.42 Å². The second kappa shape index (κ2) is 12.3. The molecule has 0 saturated carbocycles. The van der Waals surface area contributed by atoms with Gasteiger partial charge in [0.15, 0.2) is 0 Å². The van der Waals surface area contributed by atoms with Gasteiger partial charge in [0.05, 0.1) is 0 Å². The summed E-state index contributed by atoms with van der Waals surface area (Å²) in [6.45, 7) is 10.3. The fourth-order valence-electron chi connectivity index (χ4n) is 1.77. The third-order valence-electron chi connectivity index (χ3n) is 2.43. The molecule has 1 nitrogen and oxygen atoms in total. The van der Waals surface area contributed by atoms with Gasteiger partial charge in [0.2, 0.25) is 0 Å². The van der Waals surface area contributed by atoms with E-state index in [0.29, 0.717) is 0 Å². The van der Waals surface area contributed by atoms with Crippen LogP contribution in [-0.4, -0.2) is 12.2 Å². The summed E-state index contributed by atoms with van der Waals surface area (Å²) < 4.78 is 0. The molecule has 1 aliphatic carbocycles. The Morgan fingerprint density at radius 1 is 1.00 bits per heavy atom. The van der Waals surface area contributed by atoms with Gasteiger partial charge < -0.3 is 5.11 Å². The van der Waals surface area contributed by atoms with Crippen molar-refractivity contribution < 1.29 is 5.11 Å². The Bertz CT molecular complexity index is 243. The van der Waals surface area contributed by atoms with E-state index in [0.717, 1.165) is 13.0 Å². The fourth-order valence-corrected chi connectivity index (χ4v) is 1.77. The second-order valence-corrected chi connectivity index (χ2v) is 3.14. The van der Waals surface area contributed by atoms with Gasteiger partial charge in [0.25, 0.3) is 0 Å². The first kappa shape index (κ1) is 17.6. The minimum atomic E-state index is 0.802. The van der Waals surface area contributed by atoms with Crippen molar-refractivity contribution in [3.63, 3.8) is 0 Å². The lowest BCUT2D eigenvalue weighted by Gasteiger charge is -2.01. The maximum absolute atomic E-state index is 7.00. The van der Waals surface area contributed by atoms with Crippen LogP contribution in [0, 0.1) is 0 Å². The van der Waals surface area contributed by atoms with Gasteiger partial charge in [-0.25, -0.2) is 0 Å². The molecule has 1 aromatic carbocycles. The topological polar surface area (TPSA) is 20.2 Å². The van der Waals surface area contributed by atoms with Crippen molar-refractivity contribution in [2.75, 3.05) is 7.11 Å². The highest BCUT2D eigenvalue weighted by molar-refractivity contribution is 5.33. The number of aliphatic hydroxyl groups excluding tert-OH is 1. The average molecular weight is 224 g/mol. The Labute approximate surface area is 102 Å². The maximum Gasteiger partial charge on any atom is 0.0319 e. The van der Waals surface area contributed by atoms with Gasteiger partial charge in [-0.3, -0.25) is 0 Å². The molecule has 94 valence electrons. The Morgan fingerprint density at radius 2 is 1.50 bits per heavy atom. The third kappa shape index (κ3) is 5.32. The summed E-state index contributed by atoms with van der Waals surface area (Å²) in [4.78, 5) is 0. The molecule has 1 aromatic rings. The zero-order valence-electron chi connectivity index (χ0n) is 11.7. The summed E-state index contributed by atoms with van der Waals surface area (Å²) in [5.41, 5.74) is 3.14. The van der Waals surface area contributed by atoms with E-state index in [1.807, 2.05) is 27.7 Å². The Balaban J connectivity index is 0. The van der Waals surface area contributed by atoms with E-state index in [1.54, 1.807) is 11.1 Å². The number of fused-ring (bicyclic) bond motifs is 1. The van der Waals surface area contributed by atoms with Crippen LogP contribution < -0.4 is 0 Å². The minimum absolute atomic E-state index is 0.802. The summed E-state index contributed by atoms with van der Waals surface area (Å²) in [6, 6.07) is 8.78. The van der Waals surface area contributed by atoms with Crippen molar-refractivity contribution in [3.8, 4) is 0 Å². The van der Waals surface area contributed by atoms with E-state index >= 15 is 0 Å². The number of benzene rings is 1. The quantitative estimate of drug-likeness (QED) is 0.692. The average Bonchev–Trinajstić information content (AvgIpc) is 2.79. The smallest absolute Gasteiger partial charge is 0.0319 e. The van der Waals surface area contributed by atoms with Crippen molar-refractivity contribution in [3.05, 3.63) is 35.4 Å². The van der Waals surface area contributed by atoms with E-state index in [9.17, 15) is 0 Å². The molecule has 0 amide bonds. The molecule has 0 bridgehead atoms. The number of aliphatic hydroxyl groups is 1. The summed E-state index contributed by atoms with van der Waals surface area (Å²) in [5, 5.41) is 7.00. The molecule has 1 aliphatic rings. The second-order valence-electron chi connectivity index (χ2n) is 3.14. The first-order valence-electron chi connectivity index (χ1n) is 6.40. The molecule has 0 heterocycles. The van der Waals surface area contributed by atoms with Crippen LogP contribution in [0.5, 0.6) is 0 Å². The Hall–Kier alpha value is -0.820. The maximum atomic E-state index is 7.00. The van der Waals surface area contributed by atoms with Gasteiger partial charge in [-0.2, -0.15) is 0 Å². The highest BCUT2D eigenvalue weighted by Crippen LogP contribution is 2.31. The normalized spacial score (nSPS) is 15.3. The standard InChI is InChI=1S/C10H12.2C2H6.CH4O/c1-8-6-7-9-4-2-3-5-10(8)9;3*1-2/h2-5,8H,6-7H2,1H3;2*1-2H3;2H,1H3. The van der Waals surface area contributed by atoms with Crippen molar-refractivity contribution in [2.24, 2.45) is 0 Å². The van der Waals surface area contributed by atoms with E-state index in [-0.39, 0.29) is 0 Å². The minimum Gasteiger partial charge on any atom is -0.400 e. The first-order chi connectivity index (χ1) is 7.88. The number of rotatable bonds is 0. The zero-order valence-corrected chi connectivity index (χ0v) is 11.7. The van der Waals surface area contributed by atoms with Gasteiger partial charge in [-0.1, -0.05) is 58.9 Å². The summed E-state index contributed by atoms with van der Waals surface area (Å²) in [7, 11) is 1.00. The fraction of sp³-hybridized carbons (Fsp3) is 0.600. The van der Waals surface area contributed by atoms with Gasteiger partial charge in [0.1, 0.15) is 0 Å². The van der Waals surface area contributed by atoms with Crippen LogP contribution in [0.2, 0.25) is 0 Å². The first-order valence-corrected chi connectivity index (χ1v) is 6.40. The predicted molar refractivity (Wildman–Crippen MR) is 74.0 cm³/mol. The van der Waals surface area contributed by atoms with Gasteiger partial charge in [-0.15, -0.1) is 0 Å². The van der Waals surface area contributed by atoms with Gasteiger partial charge in [0, 0.05) is 7.11 Å². The lowest BCUT2D eigenvalue weighted by atomic mass is 10.0. The van der Waals surface area contributed by atoms with Crippen LogP contribution in [0.4, 0.5) is 0 Å². The molecule has 0 radical (unpaired) electrons. The monoisotopic (exact) mass is 224 g/mol. The zero-order chi connectivity index (χ0) is 13.0. The molecule has 2 rings (SSSR count). The molecule has 1 heteroatoms. The lowest BCUT2D eigenvalue weighted by Crippen LogP contribution is -1.83. The molecule has 16 heavy (non-hydrogen) atoms. The van der Waals surface area contributed by atoms with Crippen molar-refractivity contribution in [2.45, 2.75) is 53.4 Å². The molecule has 0 saturated heterocycles. The van der Waals surface area contributed by atoms with Crippen LogP contribution in [0.1, 0.15) is 58.1 Å². The molecule has 1 unspecified atom stereocenters. The van der Waals surface area contributed by atoms with E-state index < -0.39 is 0 Å². The SMILES string of the molecule is CC.CC.CC1CCc2ccccc21.CO. The van der Waals surface area contributed by atoms with Crippen LogP contribution in [0.15, 0.2) is 24.3 Å². The van der Waals surface area contributed by atoms with Crippen molar-refractivity contribution >= 4 is 0 Å². The highest BCUT2D eigenvalue weighted by atomic mass is 16.2. The summed E-state index contributed by atoms with van der Waals surface area (Å²) in [6.07, 6.45) is 2.64. The summed E-state index contributed by atoms with van der Waals surface area (Å²) >= 11 is 0. The molecular formula is C15H28O. The molecule has 0 spiro atoms. The van der Waals surface area contributed by atoms with Gasteiger partial charge >= 0.3 is 0 Å². The number of aryl methyl sites for hydroxylation is 1. The predicted octanol–water partition coefficient (Wildman–Crippen LogP) is 4.40. The number of hydrogen-bond acceptors (Lipinski definition) is 1. The van der Waals surface area contributed by atoms with E-state index in [2.05, 4.69) is 31.2 Å². The van der Waals surface area contributed by atoms with Crippen LogP contribution in [0.25, 0.3) is 0 Å². The van der Waals surface area contributed by atoms with E-state index in [1.165, 1.54) is 12.8 Å². The number of hydrogen-bond donors (Lipinski definition) is 1. The van der Waals surface area contributed by atoms with Crippen molar-refractivity contribution in [1.29, 1.82) is 0 Å². The molecular weight excluding hydrogens is 196 g/mol. The van der Waals surface area contributed by atoms with E-state index in [4.69, 9.17) is 5.11 Å². The third-order valence-corrected chi connectivity index (χ3v) is 2.43. The molecule has 0 aliphatic heterocycles. The largest absolute Gasteiger partial charge is 0.400 e. The van der Waals surface area contributed by atoms with Crippen LogP contribution in [0.3, 0.4) is 0 Å².